The second-order valence-corrected chi connectivity index (χ2v) is 8.98. The molecule has 1 aliphatic rings. The van der Waals surface area contributed by atoms with E-state index in [-0.39, 0.29) is 22.5 Å². The average Bonchev–Trinajstić information content (AvgIpc) is 2.86. The summed E-state index contributed by atoms with van der Waals surface area (Å²) >= 11 is 1.23. The lowest BCUT2D eigenvalue weighted by molar-refractivity contribution is -0.150. The van der Waals surface area contributed by atoms with Crippen LogP contribution in [-0.2, 0) is 24.2 Å². The highest BCUT2D eigenvalue weighted by Gasteiger charge is 2.29. The molecular formula is C15H18FNO5S2. The van der Waals surface area contributed by atoms with E-state index in [9.17, 15) is 22.4 Å². The third-order valence-corrected chi connectivity index (χ3v) is 6.67. The quantitative estimate of drug-likeness (QED) is 0.760. The lowest BCUT2D eigenvalue weighted by Gasteiger charge is -2.14. The molecule has 0 saturated carbocycles. The van der Waals surface area contributed by atoms with Crippen molar-refractivity contribution in [2.45, 2.75) is 24.7 Å². The van der Waals surface area contributed by atoms with Gasteiger partial charge in [-0.3, -0.25) is 9.59 Å². The van der Waals surface area contributed by atoms with Gasteiger partial charge < -0.3 is 10.1 Å². The van der Waals surface area contributed by atoms with Crippen LogP contribution in [0.15, 0.2) is 24.3 Å². The maximum absolute atomic E-state index is 12.8. The fourth-order valence-corrected chi connectivity index (χ4v) is 5.56. The number of halogens is 1. The van der Waals surface area contributed by atoms with Gasteiger partial charge in [0.25, 0.3) is 5.91 Å². The predicted octanol–water partition coefficient (Wildman–Crippen LogP) is 1.62. The van der Waals surface area contributed by atoms with Crippen LogP contribution in [0.25, 0.3) is 0 Å². The first-order chi connectivity index (χ1) is 11.2. The highest BCUT2D eigenvalue weighted by Crippen LogP contribution is 2.24. The average molecular weight is 375 g/mol. The molecule has 1 aromatic rings. The molecule has 6 nitrogen and oxygen atoms in total. The summed E-state index contributed by atoms with van der Waals surface area (Å²) in [6, 6.07) is 5.22. The molecule has 2 rings (SSSR count). The Bertz CT molecular complexity index is 705. The minimum Gasteiger partial charge on any atom is -0.452 e. The Kier molecular flexibility index (Phi) is 6.22. The van der Waals surface area contributed by atoms with E-state index in [0.29, 0.717) is 12.1 Å². The molecule has 1 fully saturated rings. The summed E-state index contributed by atoms with van der Waals surface area (Å²) in [5.41, 5.74) is 0.398. The third kappa shape index (κ3) is 5.79. The van der Waals surface area contributed by atoms with E-state index in [1.54, 1.807) is 0 Å². The maximum atomic E-state index is 12.8. The van der Waals surface area contributed by atoms with Crippen LogP contribution >= 0.6 is 11.8 Å². The molecule has 9 heteroatoms. The van der Waals surface area contributed by atoms with Crippen molar-refractivity contribution in [2.75, 3.05) is 22.6 Å². The second kappa shape index (κ2) is 7.98. The van der Waals surface area contributed by atoms with Crippen LogP contribution < -0.4 is 5.32 Å². The van der Waals surface area contributed by atoms with E-state index in [4.69, 9.17) is 4.74 Å². The van der Waals surface area contributed by atoms with E-state index in [1.165, 1.54) is 43.0 Å². The summed E-state index contributed by atoms with van der Waals surface area (Å²) < 4.78 is 40.5. The molecule has 0 bridgehead atoms. The van der Waals surface area contributed by atoms with Gasteiger partial charge in [-0.25, -0.2) is 12.8 Å². The lowest BCUT2D eigenvalue weighted by Crippen LogP contribution is -2.30. The largest absolute Gasteiger partial charge is 0.452 e. The molecule has 0 aliphatic carbocycles. The van der Waals surface area contributed by atoms with Gasteiger partial charge in [-0.2, -0.15) is 0 Å². The molecule has 132 valence electrons. The van der Waals surface area contributed by atoms with E-state index in [2.05, 4.69) is 5.32 Å². The number of benzene rings is 1. The Morgan fingerprint density at radius 2 is 2.04 bits per heavy atom. The molecule has 1 aromatic carbocycles. The van der Waals surface area contributed by atoms with Crippen LogP contribution in [0.4, 0.5) is 10.1 Å². The molecule has 2 atom stereocenters. The molecule has 1 heterocycles. The molecule has 0 spiro atoms. The van der Waals surface area contributed by atoms with E-state index in [1.807, 2.05) is 0 Å². The summed E-state index contributed by atoms with van der Waals surface area (Å²) in [4.78, 5) is 23.7. The zero-order chi connectivity index (χ0) is 17.7. The van der Waals surface area contributed by atoms with Crippen molar-refractivity contribution >= 4 is 39.2 Å². The van der Waals surface area contributed by atoms with Crippen molar-refractivity contribution in [1.29, 1.82) is 0 Å². The Morgan fingerprint density at radius 1 is 1.38 bits per heavy atom. The number of esters is 1. The smallest absolute Gasteiger partial charge is 0.316 e. The third-order valence-electron chi connectivity index (χ3n) is 3.42. The highest BCUT2D eigenvalue weighted by atomic mass is 32.2. The summed E-state index contributed by atoms with van der Waals surface area (Å²) in [6.45, 7) is 1.43. The highest BCUT2D eigenvalue weighted by molar-refractivity contribution is 8.02. The van der Waals surface area contributed by atoms with Crippen LogP contribution in [0.2, 0.25) is 0 Å². The number of ether oxygens (including phenoxy) is 1. The number of hydrogen-bond donors (Lipinski definition) is 1. The Morgan fingerprint density at radius 3 is 2.62 bits per heavy atom. The van der Waals surface area contributed by atoms with Gasteiger partial charge in [0.05, 0.1) is 17.3 Å². The Hall–Kier alpha value is -1.61. The molecule has 0 unspecified atom stereocenters. The zero-order valence-corrected chi connectivity index (χ0v) is 14.7. The Balaban J connectivity index is 1.74. The molecule has 1 saturated heterocycles. The van der Waals surface area contributed by atoms with Gasteiger partial charge in [0.1, 0.15) is 5.82 Å². The molecule has 1 N–H and O–H groups in total. The van der Waals surface area contributed by atoms with E-state index < -0.39 is 33.6 Å². The number of sulfone groups is 1. The number of rotatable bonds is 6. The predicted molar refractivity (Wildman–Crippen MR) is 90.1 cm³/mol. The lowest BCUT2D eigenvalue weighted by atomic mass is 10.3. The number of thioether (sulfide) groups is 1. The first-order valence-electron chi connectivity index (χ1n) is 7.33. The molecule has 1 amide bonds. The van der Waals surface area contributed by atoms with Crippen LogP contribution in [-0.4, -0.2) is 48.9 Å². The Labute approximate surface area is 144 Å². The van der Waals surface area contributed by atoms with Crippen molar-refractivity contribution in [3.05, 3.63) is 30.1 Å². The summed E-state index contributed by atoms with van der Waals surface area (Å²) in [7, 11) is -2.98. The van der Waals surface area contributed by atoms with Crippen molar-refractivity contribution in [3.8, 4) is 0 Å². The van der Waals surface area contributed by atoms with Crippen molar-refractivity contribution in [3.63, 3.8) is 0 Å². The van der Waals surface area contributed by atoms with Crippen LogP contribution in [0, 0.1) is 5.82 Å². The summed E-state index contributed by atoms with van der Waals surface area (Å²) in [5, 5.41) is 2.41. The topological polar surface area (TPSA) is 89.5 Å². The molecule has 0 aromatic heterocycles. The van der Waals surface area contributed by atoms with Gasteiger partial charge in [0, 0.05) is 10.9 Å². The van der Waals surface area contributed by atoms with Crippen molar-refractivity contribution in [2.24, 2.45) is 0 Å². The minimum absolute atomic E-state index is 0.00560. The zero-order valence-electron chi connectivity index (χ0n) is 13.0. The first kappa shape index (κ1) is 18.7. The molecule has 1 aliphatic heterocycles. The van der Waals surface area contributed by atoms with Gasteiger partial charge in [-0.05, 0) is 37.6 Å². The monoisotopic (exact) mass is 375 g/mol. The summed E-state index contributed by atoms with van der Waals surface area (Å²) in [6.07, 6.45) is -0.476. The van der Waals surface area contributed by atoms with Gasteiger partial charge in [0.15, 0.2) is 15.9 Å². The molecular weight excluding hydrogens is 357 g/mol. The number of carbonyl (C=O) groups is 2. The van der Waals surface area contributed by atoms with E-state index in [0.717, 1.165) is 0 Å². The first-order valence-corrected chi connectivity index (χ1v) is 10.2. The minimum atomic E-state index is -2.98. The summed E-state index contributed by atoms with van der Waals surface area (Å²) in [5.74, 6) is -1.30. The van der Waals surface area contributed by atoms with Gasteiger partial charge in [-0.1, -0.05) is 0 Å². The van der Waals surface area contributed by atoms with Crippen LogP contribution in [0.5, 0.6) is 0 Å². The van der Waals surface area contributed by atoms with Gasteiger partial charge >= 0.3 is 5.97 Å². The maximum Gasteiger partial charge on any atom is 0.316 e. The normalized spacial score (nSPS) is 20.3. The van der Waals surface area contributed by atoms with E-state index >= 15 is 0 Å². The SMILES string of the molecule is C[C@H](OC(=O)CS[C@@H]1CCS(=O)(=O)C1)C(=O)Nc1ccc(F)cc1. The standard InChI is InChI=1S/C15H18FNO5S2/c1-10(15(19)17-12-4-2-11(16)3-5-12)22-14(18)8-23-13-6-7-24(20,21)9-13/h2-5,10,13H,6-9H2,1H3,(H,17,19)/t10-,13+/m0/s1. The van der Waals surface area contributed by atoms with Gasteiger partial charge in [0.2, 0.25) is 0 Å². The number of amides is 1. The molecule has 0 radical (unpaired) electrons. The number of hydrogen-bond acceptors (Lipinski definition) is 6. The number of anilines is 1. The number of carbonyl (C=O) groups excluding carboxylic acids is 2. The van der Waals surface area contributed by atoms with Crippen LogP contribution in [0.1, 0.15) is 13.3 Å². The molecule has 24 heavy (non-hydrogen) atoms. The van der Waals surface area contributed by atoms with Crippen molar-refractivity contribution < 1.29 is 27.1 Å². The number of nitrogens with one attached hydrogen (secondary N) is 1. The second-order valence-electron chi connectivity index (χ2n) is 5.46. The van der Waals surface area contributed by atoms with Gasteiger partial charge in [-0.15, -0.1) is 11.8 Å². The van der Waals surface area contributed by atoms with Crippen LogP contribution in [0.3, 0.4) is 0 Å². The van der Waals surface area contributed by atoms with Crippen molar-refractivity contribution in [1.82, 2.24) is 0 Å². The fraction of sp³-hybridized carbons (Fsp3) is 0.467. The fourth-order valence-electron chi connectivity index (χ4n) is 2.14.